The molecule has 0 radical (unpaired) electrons. The Morgan fingerprint density at radius 1 is 1.47 bits per heavy atom. The van der Waals surface area contributed by atoms with Gasteiger partial charge in [-0.15, -0.1) is 0 Å². The minimum absolute atomic E-state index is 0.137. The zero-order chi connectivity index (χ0) is 14.6. The number of rotatable bonds is 6. The first kappa shape index (κ1) is 15.4. The van der Waals surface area contributed by atoms with Crippen molar-refractivity contribution in [2.75, 3.05) is 6.61 Å². The highest BCUT2D eigenvalue weighted by Gasteiger charge is 2.29. The molecule has 0 fully saturated rings. The summed E-state index contributed by atoms with van der Waals surface area (Å²) in [7, 11) is 0. The predicted octanol–water partition coefficient (Wildman–Crippen LogP) is 2.58. The summed E-state index contributed by atoms with van der Waals surface area (Å²) in [5.41, 5.74) is 6.41. The number of ether oxygens (including phenoxy) is 1. The van der Waals surface area contributed by atoms with Crippen molar-refractivity contribution in [3.05, 3.63) is 29.6 Å². The number of carboxylic acids is 1. The SMILES string of the molecule is CCOc1ccc(C(N)C(C(=O)O)C(C)C)cc1F. The molecule has 106 valence electrons. The van der Waals surface area contributed by atoms with Crippen LogP contribution in [0.2, 0.25) is 0 Å². The molecule has 2 atom stereocenters. The van der Waals surface area contributed by atoms with Gasteiger partial charge in [0.05, 0.1) is 12.5 Å². The number of carbonyl (C=O) groups is 1. The van der Waals surface area contributed by atoms with E-state index in [1.54, 1.807) is 26.8 Å². The molecule has 3 N–H and O–H groups in total. The Kier molecular flexibility index (Phi) is 5.30. The van der Waals surface area contributed by atoms with Crippen LogP contribution in [0.1, 0.15) is 32.4 Å². The number of hydrogen-bond donors (Lipinski definition) is 2. The summed E-state index contributed by atoms with van der Waals surface area (Å²) in [6.45, 7) is 5.69. The Morgan fingerprint density at radius 3 is 2.53 bits per heavy atom. The quantitative estimate of drug-likeness (QED) is 0.832. The second-order valence-corrected chi connectivity index (χ2v) is 4.76. The zero-order valence-electron chi connectivity index (χ0n) is 11.4. The van der Waals surface area contributed by atoms with E-state index < -0.39 is 23.7 Å². The summed E-state index contributed by atoms with van der Waals surface area (Å²) in [5, 5.41) is 9.19. The molecule has 1 aromatic carbocycles. The van der Waals surface area contributed by atoms with Gasteiger partial charge in [0.15, 0.2) is 11.6 Å². The summed E-state index contributed by atoms with van der Waals surface area (Å²) in [5.74, 6) is -2.24. The molecule has 1 rings (SSSR count). The highest BCUT2D eigenvalue weighted by molar-refractivity contribution is 5.71. The topological polar surface area (TPSA) is 72.5 Å². The first-order chi connectivity index (χ1) is 8.88. The van der Waals surface area contributed by atoms with Gasteiger partial charge < -0.3 is 15.6 Å². The average molecular weight is 269 g/mol. The van der Waals surface area contributed by atoms with Gasteiger partial charge in [-0.1, -0.05) is 19.9 Å². The lowest BCUT2D eigenvalue weighted by Crippen LogP contribution is -2.32. The number of benzene rings is 1. The molecule has 5 heteroatoms. The van der Waals surface area contributed by atoms with Gasteiger partial charge in [0.2, 0.25) is 0 Å². The smallest absolute Gasteiger partial charge is 0.308 e. The lowest BCUT2D eigenvalue weighted by atomic mass is 9.85. The number of aliphatic carboxylic acids is 1. The molecule has 0 aliphatic rings. The normalized spacial score (nSPS) is 14.2. The lowest BCUT2D eigenvalue weighted by molar-refractivity contribution is -0.144. The fourth-order valence-corrected chi connectivity index (χ4v) is 2.06. The summed E-state index contributed by atoms with van der Waals surface area (Å²) in [6, 6.07) is 3.58. The summed E-state index contributed by atoms with van der Waals surface area (Å²) in [6.07, 6.45) is 0. The molecule has 0 aliphatic heterocycles. The Hall–Kier alpha value is -1.62. The maximum Gasteiger partial charge on any atom is 0.308 e. The minimum atomic E-state index is -0.975. The first-order valence-electron chi connectivity index (χ1n) is 6.29. The van der Waals surface area contributed by atoms with Gasteiger partial charge in [0, 0.05) is 6.04 Å². The van der Waals surface area contributed by atoms with E-state index in [4.69, 9.17) is 10.5 Å². The number of halogens is 1. The minimum Gasteiger partial charge on any atom is -0.491 e. The standard InChI is InChI=1S/C14H20FNO3/c1-4-19-11-6-5-9(7-10(11)15)13(16)12(8(2)3)14(17)18/h5-8,12-13H,4,16H2,1-3H3,(H,17,18). The van der Waals surface area contributed by atoms with Crippen molar-refractivity contribution in [2.24, 2.45) is 17.6 Å². The van der Waals surface area contributed by atoms with Crippen molar-refractivity contribution < 1.29 is 19.0 Å². The van der Waals surface area contributed by atoms with Crippen LogP contribution in [0.4, 0.5) is 4.39 Å². The molecule has 1 aromatic rings. The van der Waals surface area contributed by atoms with Crippen LogP contribution in [0.15, 0.2) is 18.2 Å². The summed E-state index contributed by atoms with van der Waals surface area (Å²) < 4.78 is 18.8. The number of nitrogens with two attached hydrogens (primary N) is 1. The molecule has 2 unspecified atom stereocenters. The Labute approximate surface area is 112 Å². The van der Waals surface area contributed by atoms with Gasteiger partial charge in [-0.05, 0) is 30.5 Å². The van der Waals surface area contributed by atoms with Gasteiger partial charge >= 0.3 is 5.97 Å². The fourth-order valence-electron chi connectivity index (χ4n) is 2.06. The largest absolute Gasteiger partial charge is 0.491 e. The molecule has 0 heterocycles. The molecule has 0 aromatic heterocycles. The van der Waals surface area contributed by atoms with Gasteiger partial charge in [0.25, 0.3) is 0 Å². The Balaban J connectivity index is 3.02. The fraction of sp³-hybridized carbons (Fsp3) is 0.500. The van der Waals surface area contributed by atoms with Crippen LogP contribution in [-0.4, -0.2) is 17.7 Å². The van der Waals surface area contributed by atoms with Gasteiger partial charge in [-0.3, -0.25) is 4.79 Å². The van der Waals surface area contributed by atoms with Crippen molar-refractivity contribution in [1.82, 2.24) is 0 Å². The third-order valence-corrected chi connectivity index (χ3v) is 3.03. The first-order valence-corrected chi connectivity index (χ1v) is 6.29. The number of hydrogen-bond acceptors (Lipinski definition) is 3. The second kappa shape index (κ2) is 6.52. The van der Waals surface area contributed by atoms with Crippen molar-refractivity contribution in [3.63, 3.8) is 0 Å². The summed E-state index contributed by atoms with van der Waals surface area (Å²) >= 11 is 0. The van der Waals surface area contributed by atoms with Crippen molar-refractivity contribution >= 4 is 5.97 Å². The molecule has 4 nitrogen and oxygen atoms in total. The van der Waals surface area contributed by atoms with Crippen LogP contribution in [0.5, 0.6) is 5.75 Å². The van der Waals surface area contributed by atoms with Crippen molar-refractivity contribution in [3.8, 4) is 5.75 Å². The van der Waals surface area contributed by atoms with E-state index in [1.165, 1.54) is 12.1 Å². The monoisotopic (exact) mass is 269 g/mol. The van der Waals surface area contributed by atoms with Crippen LogP contribution in [0, 0.1) is 17.7 Å². The molecule has 0 spiro atoms. The van der Waals surface area contributed by atoms with E-state index in [9.17, 15) is 14.3 Å². The van der Waals surface area contributed by atoms with Crippen LogP contribution in [0.3, 0.4) is 0 Å². The molecule has 0 bridgehead atoms. The van der Waals surface area contributed by atoms with E-state index >= 15 is 0 Å². The molecule has 0 aliphatic carbocycles. The van der Waals surface area contributed by atoms with Gasteiger partial charge in [-0.2, -0.15) is 0 Å². The third kappa shape index (κ3) is 3.67. The van der Waals surface area contributed by atoms with E-state index in [0.29, 0.717) is 12.2 Å². The van der Waals surface area contributed by atoms with Crippen molar-refractivity contribution in [1.29, 1.82) is 0 Å². The average Bonchev–Trinajstić information content (AvgIpc) is 2.30. The predicted molar refractivity (Wildman–Crippen MR) is 70.5 cm³/mol. The van der Waals surface area contributed by atoms with Gasteiger partial charge in [0.1, 0.15) is 0 Å². The number of carboxylic acid groups (broad SMARTS) is 1. The zero-order valence-corrected chi connectivity index (χ0v) is 11.4. The van der Waals surface area contributed by atoms with Gasteiger partial charge in [-0.25, -0.2) is 4.39 Å². The maximum atomic E-state index is 13.7. The molecule has 0 saturated carbocycles. The van der Waals surface area contributed by atoms with Crippen LogP contribution in [0.25, 0.3) is 0 Å². The Bertz CT molecular complexity index is 448. The van der Waals surface area contributed by atoms with Crippen LogP contribution >= 0.6 is 0 Å². The van der Waals surface area contributed by atoms with Crippen molar-refractivity contribution in [2.45, 2.75) is 26.8 Å². The third-order valence-electron chi connectivity index (χ3n) is 3.03. The molecule has 19 heavy (non-hydrogen) atoms. The van der Waals surface area contributed by atoms with Crippen LogP contribution < -0.4 is 10.5 Å². The van der Waals surface area contributed by atoms with E-state index in [1.807, 2.05) is 0 Å². The maximum absolute atomic E-state index is 13.7. The molecule has 0 saturated heterocycles. The lowest BCUT2D eigenvalue weighted by Gasteiger charge is -2.24. The van der Waals surface area contributed by atoms with E-state index in [2.05, 4.69) is 0 Å². The second-order valence-electron chi connectivity index (χ2n) is 4.76. The highest BCUT2D eigenvalue weighted by atomic mass is 19.1. The molecular formula is C14H20FNO3. The van der Waals surface area contributed by atoms with E-state index in [-0.39, 0.29) is 11.7 Å². The van der Waals surface area contributed by atoms with Crippen LogP contribution in [-0.2, 0) is 4.79 Å². The molecular weight excluding hydrogens is 249 g/mol. The highest BCUT2D eigenvalue weighted by Crippen LogP contribution is 2.29. The molecule has 0 amide bonds. The van der Waals surface area contributed by atoms with E-state index in [0.717, 1.165) is 0 Å². The Morgan fingerprint density at radius 2 is 2.11 bits per heavy atom. The summed E-state index contributed by atoms with van der Waals surface area (Å²) in [4.78, 5) is 11.2.